The van der Waals surface area contributed by atoms with Gasteiger partial charge in [0.05, 0.1) is 6.04 Å². The molecule has 1 atom stereocenters. The average Bonchev–Trinajstić information content (AvgIpc) is 3.18. The van der Waals surface area contributed by atoms with Crippen molar-refractivity contribution in [1.29, 1.82) is 0 Å². The minimum absolute atomic E-state index is 0. The van der Waals surface area contributed by atoms with E-state index in [0.717, 1.165) is 25.9 Å². The van der Waals surface area contributed by atoms with E-state index in [1.165, 1.54) is 0 Å². The standard InChI is InChI=1S/C18H23N5O3.ClH/c1-19-17(24)12-26-15-6-4-13(5-7-15)21-18(25)16-8-10-23(22-16)14-3-2-9-20-11-14;/h4-8,10,14,20H,2-3,9,11-12H2,1H3,(H,19,24)(H,21,25);1H. The van der Waals surface area contributed by atoms with Crippen LogP contribution in [-0.4, -0.2) is 48.3 Å². The van der Waals surface area contributed by atoms with Crippen LogP contribution in [0.15, 0.2) is 36.5 Å². The summed E-state index contributed by atoms with van der Waals surface area (Å²) in [5, 5.41) is 13.0. The highest BCUT2D eigenvalue weighted by Gasteiger charge is 2.17. The topological polar surface area (TPSA) is 97.3 Å². The second-order valence-corrected chi connectivity index (χ2v) is 6.12. The number of hydrogen-bond acceptors (Lipinski definition) is 5. The van der Waals surface area contributed by atoms with Crippen molar-refractivity contribution in [2.45, 2.75) is 18.9 Å². The summed E-state index contributed by atoms with van der Waals surface area (Å²) in [6.45, 7) is 1.86. The van der Waals surface area contributed by atoms with Crippen LogP contribution in [0.4, 0.5) is 5.69 Å². The molecule has 0 aliphatic carbocycles. The van der Waals surface area contributed by atoms with Gasteiger partial charge in [-0.2, -0.15) is 5.10 Å². The molecule has 1 aliphatic rings. The van der Waals surface area contributed by atoms with Gasteiger partial charge < -0.3 is 20.7 Å². The number of anilines is 1. The number of nitrogens with one attached hydrogen (secondary N) is 3. The van der Waals surface area contributed by atoms with Gasteiger partial charge >= 0.3 is 0 Å². The van der Waals surface area contributed by atoms with Crippen molar-refractivity contribution < 1.29 is 14.3 Å². The lowest BCUT2D eigenvalue weighted by Crippen LogP contribution is -2.32. The summed E-state index contributed by atoms with van der Waals surface area (Å²) < 4.78 is 7.19. The average molecular weight is 394 g/mol. The highest BCUT2D eigenvalue weighted by molar-refractivity contribution is 6.02. The van der Waals surface area contributed by atoms with Crippen molar-refractivity contribution >= 4 is 29.9 Å². The summed E-state index contributed by atoms with van der Waals surface area (Å²) in [4.78, 5) is 23.5. The molecule has 2 aromatic rings. The monoisotopic (exact) mass is 393 g/mol. The number of carbonyl (C=O) groups excluding carboxylic acids is 2. The van der Waals surface area contributed by atoms with Crippen molar-refractivity contribution in [3.63, 3.8) is 0 Å². The number of likely N-dealkylation sites (N-methyl/N-ethyl adjacent to an activating group) is 1. The molecule has 1 fully saturated rings. The molecule has 3 N–H and O–H groups in total. The second-order valence-electron chi connectivity index (χ2n) is 6.12. The van der Waals surface area contributed by atoms with Crippen molar-refractivity contribution in [1.82, 2.24) is 20.4 Å². The summed E-state index contributed by atoms with van der Waals surface area (Å²) in [7, 11) is 1.55. The van der Waals surface area contributed by atoms with Crippen LogP contribution in [0.5, 0.6) is 5.75 Å². The maximum atomic E-state index is 12.4. The highest BCUT2D eigenvalue weighted by Crippen LogP contribution is 2.18. The number of benzene rings is 1. The molecule has 1 aliphatic heterocycles. The van der Waals surface area contributed by atoms with Crippen LogP contribution >= 0.6 is 12.4 Å². The van der Waals surface area contributed by atoms with Crippen LogP contribution in [0.3, 0.4) is 0 Å². The van der Waals surface area contributed by atoms with E-state index in [1.54, 1.807) is 37.4 Å². The van der Waals surface area contributed by atoms with E-state index in [-0.39, 0.29) is 30.8 Å². The zero-order valence-corrected chi connectivity index (χ0v) is 15.9. The first kappa shape index (κ1) is 20.7. The molecule has 1 aromatic carbocycles. The molecule has 2 amide bonds. The van der Waals surface area contributed by atoms with Crippen LogP contribution in [-0.2, 0) is 4.79 Å². The highest BCUT2D eigenvalue weighted by atomic mass is 35.5. The molecule has 2 heterocycles. The lowest BCUT2D eigenvalue weighted by molar-refractivity contribution is -0.122. The maximum Gasteiger partial charge on any atom is 0.276 e. The summed E-state index contributed by atoms with van der Waals surface area (Å²) >= 11 is 0. The number of nitrogens with zero attached hydrogens (tertiary/aromatic N) is 2. The fourth-order valence-electron chi connectivity index (χ4n) is 2.77. The zero-order chi connectivity index (χ0) is 18.4. The molecule has 0 bridgehead atoms. The fraction of sp³-hybridized carbons (Fsp3) is 0.389. The Labute approximate surface area is 164 Å². The molecule has 1 aromatic heterocycles. The van der Waals surface area contributed by atoms with Crippen molar-refractivity contribution in [2.24, 2.45) is 0 Å². The number of carbonyl (C=O) groups is 2. The van der Waals surface area contributed by atoms with E-state index in [1.807, 2.05) is 10.9 Å². The zero-order valence-electron chi connectivity index (χ0n) is 15.1. The number of rotatable bonds is 6. The van der Waals surface area contributed by atoms with Gasteiger partial charge in [0.15, 0.2) is 12.3 Å². The van der Waals surface area contributed by atoms with Gasteiger partial charge in [-0.3, -0.25) is 14.3 Å². The van der Waals surface area contributed by atoms with Crippen molar-refractivity contribution in [2.75, 3.05) is 32.1 Å². The molecule has 0 spiro atoms. The van der Waals surface area contributed by atoms with Crippen molar-refractivity contribution in [3.8, 4) is 5.75 Å². The van der Waals surface area contributed by atoms with Crippen LogP contribution in [0, 0.1) is 0 Å². The van der Waals surface area contributed by atoms with Gasteiger partial charge in [-0.05, 0) is 49.7 Å². The molecule has 0 radical (unpaired) electrons. The molecule has 1 unspecified atom stereocenters. The molecule has 27 heavy (non-hydrogen) atoms. The second kappa shape index (κ2) is 9.94. The molecular formula is C18H24ClN5O3. The SMILES string of the molecule is CNC(=O)COc1ccc(NC(=O)c2ccn(C3CCCNC3)n2)cc1.Cl. The summed E-state index contributed by atoms with van der Waals surface area (Å²) in [5.74, 6) is 0.0957. The van der Waals surface area contributed by atoms with E-state index in [4.69, 9.17) is 4.74 Å². The first-order valence-electron chi connectivity index (χ1n) is 8.66. The van der Waals surface area contributed by atoms with E-state index in [9.17, 15) is 9.59 Å². The van der Waals surface area contributed by atoms with Gasteiger partial charge in [-0.25, -0.2) is 0 Å². The van der Waals surface area contributed by atoms with Gasteiger partial charge in [0.1, 0.15) is 5.75 Å². The predicted octanol–water partition coefficient (Wildman–Crippen LogP) is 1.61. The minimum Gasteiger partial charge on any atom is -0.484 e. The smallest absolute Gasteiger partial charge is 0.276 e. The first-order chi connectivity index (χ1) is 12.7. The summed E-state index contributed by atoms with van der Waals surface area (Å²) in [5.41, 5.74) is 1.02. The van der Waals surface area contributed by atoms with Gasteiger partial charge in [0.25, 0.3) is 11.8 Å². The lowest BCUT2D eigenvalue weighted by Gasteiger charge is -2.22. The number of piperidine rings is 1. The van der Waals surface area contributed by atoms with Gasteiger partial charge in [-0.1, -0.05) is 0 Å². The summed E-state index contributed by atoms with van der Waals surface area (Å²) in [6.07, 6.45) is 4.02. The molecular weight excluding hydrogens is 370 g/mol. The minimum atomic E-state index is -0.258. The van der Waals surface area contributed by atoms with Gasteiger partial charge in [0.2, 0.25) is 0 Å². The van der Waals surface area contributed by atoms with E-state index >= 15 is 0 Å². The Morgan fingerprint density at radius 2 is 2.07 bits per heavy atom. The van der Waals surface area contributed by atoms with Gasteiger partial charge in [0, 0.05) is 25.5 Å². The largest absolute Gasteiger partial charge is 0.484 e. The molecule has 146 valence electrons. The molecule has 0 saturated carbocycles. The number of ether oxygens (including phenoxy) is 1. The van der Waals surface area contributed by atoms with Crippen LogP contribution < -0.4 is 20.7 Å². The third-order valence-corrected chi connectivity index (χ3v) is 4.25. The Kier molecular flexibility index (Phi) is 7.63. The Balaban J connectivity index is 0.00000261. The van der Waals surface area contributed by atoms with E-state index in [2.05, 4.69) is 21.0 Å². The Bertz CT molecular complexity index is 757. The molecule has 9 heteroatoms. The fourth-order valence-corrected chi connectivity index (χ4v) is 2.77. The number of amides is 2. The Morgan fingerprint density at radius 1 is 1.30 bits per heavy atom. The lowest BCUT2D eigenvalue weighted by atomic mass is 10.1. The Hall–Kier alpha value is -2.58. The van der Waals surface area contributed by atoms with E-state index in [0.29, 0.717) is 23.2 Å². The maximum absolute atomic E-state index is 12.4. The van der Waals surface area contributed by atoms with Crippen LogP contribution in [0.1, 0.15) is 29.4 Å². The quantitative estimate of drug-likeness (QED) is 0.692. The number of aromatic nitrogens is 2. The predicted molar refractivity (Wildman–Crippen MR) is 105 cm³/mol. The Morgan fingerprint density at radius 3 is 2.74 bits per heavy atom. The number of hydrogen-bond donors (Lipinski definition) is 3. The third-order valence-electron chi connectivity index (χ3n) is 4.25. The normalized spacial score (nSPS) is 16.1. The molecule has 3 rings (SSSR count). The molecule has 1 saturated heterocycles. The van der Waals surface area contributed by atoms with Crippen LogP contribution in [0.2, 0.25) is 0 Å². The van der Waals surface area contributed by atoms with Crippen LogP contribution in [0.25, 0.3) is 0 Å². The van der Waals surface area contributed by atoms with Gasteiger partial charge in [-0.15, -0.1) is 12.4 Å². The summed E-state index contributed by atoms with van der Waals surface area (Å²) in [6, 6.07) is 8.86. The van der Waals surface area contributed by atoms with E-state index < -0.39 is 0 Å². The molecule has 8 nitrogen and oxygen atoms in total. The first-order valence-corrected chi connectivity index (χ1v) is 8.66. The number of halogens is 1. The third kappa shape index (κ3) is 5.70. The van der Waals surface area contributed by atoms with Crippen molar-refractivity contribution in [3.05, 3.63) is 42.2 Å².